The summed E-state index contributed by atoms with van der Waals surface area (Å²) in [6.45, 7) is 4.15. The first kappa shape index (κ1) is 32.2. The molecule has 0 atom stereocenters. The molecule has 0 unspecified atom stereocenters. The van der Waals surface area contributed by atoms with Crippen LogP contribution in [0.5, 0.6) is 11.5 Å². The number of ketones is 2. The maximum atomic E-state index is 15.1. The van der Waals surface area contributed by atoms with E-state index in [1.54, 1.807) is 29.2 Å². The van der Waals surface area contributed by atoms with Gasteiger partial charge in [0, 0.05) is 37.8 Å². The SMILES string of the molecule is O=C(CC(=O)Cc1ccc(Oc2ccnc3cc(-c4cn(CC(=O)NCCCN5CCCC5)cn4)sc23)c(F)c1)Cc1ccccc1. The van der Waals surface area contributed by atoms with Crippen LogP contribution in [-0.2, 0) is 33.8 Å². The Bertz CT molecular complexity index is 1870. The number of nitrogens with zero attached hydrogens (tertiary/aromatic N) is 4. The zero-order valence-corrected chi connectivity index (χ0v) is 26.8. The van der Waals surface area contributed by atoms with Crippen LogP contribution in [0.25, 0.3) is 20.8 Å². The highest BCUT2D eigenvalue weighted by atomic mass is 32.1. The van der Waals surface area contributed by atoms with Gasteiger partial charge in [-0.15, -0.1) is 11.3 Å². The molecule has 0 saturated carbocycles. The predicted molar refractivity (Wildman–Crippen MR) is 179 cm³/mol. The zero-order valence-electron chi connectivity index (χ0n) is 26.0. The predicted octanol–water partition coefficient (Wildman–Crippen LogP) is 6.01. The van der Waals surface area contributed by atoms with Crippen molar-refractivity contribution in [3.05, 3.63) is 96.3 Å². The van der Waals surface area contributed by atoms with Crippen LogP contribution >= 0.6 is 11.3 Å². The summed E-state index contributed by atoms with van der Waals surface area (Å²) in [7, 11) is 0. The summed E-state index contributed by atoms with van der Waals surface area (Å²) in [6.07, 6.45) is 8.46. The molecule has 1 aliphatic rings. The van der Waals surface area contributed by atoms with Crippen molar-refractivity contribution in [3.8, 4) is 22.1 Å². The fraction of sp³-hybridized carbons (Fsp3) is 0.306. The van der Waals surface area contributed by atoms with Gasteiger partial charge in [0.05, 0.1) is 33.5 Å². The van der Waals surface area contributed by atoms with E-state index < -0.39 is 5.82 Å². The standard InChI is InChI=1S/C36H36FN5O4S/c37-29-19-26(18-28(44)20-27(43)17-25-7-2-1-3-8-25)9-10-32(29)46-33-11-13-38-30-21-34(47-36(30)33)31-22-42(24-40-31)23-35(45)39-12-6-16-41-14-4-5-15-41/h1-3,7-11,13,19,21-22,24H,4-6,12,14-18,20,23H2,(H,39,45). The van der Waals surface area contributed by atoms with Gasteiger partial charge in [-0.1, -0.05) is 36.4 Å². The molecule has 11 heteroatoms. The lowest BCUT2D eigenvalue weighted by atomic mass is 10.0. The summed E-state index contributed by atoms with van der Waals surface area (Å²) < 4.78 is 23.6. The third kappa shape index (κ3) is 8.75. The number of halogens is 1. The van der Waals surface area contributed by atoms with Crippen LogP contribution in [0.4, 0.5) is 4.39 Å². The Hall–Kier alpha value is -4.74. The normalized spacial score (nSPS) is 13.2. The number of hydrogen-bond donors (Lipinski definition) is 1. The Morgan fingerprint density at radius 1 is 0.915 bits per heavy atom. The molecule has 0 spiro atoms. The molecule has 1 amide bonds. The minimum atomic E-state index is -0.610. The lowest BCUT2D eigenvalue weighted by molar-refractivity contribution is -0.126. The number of thiophene rings is 1. The van der Waals surface area contributed by atoms with E-state index in [0.717, 1.165) is 41.2 Å². The van der Waals surface area contributed by atoms with Crippen molar-refractivity contribution in [3.63, 3.8) is 0 Å². The number of imidazole rings is 1. The molecule has 4 heterocycles. The lowest BCUT2D eigenvalue weighted by Crippen LogP contribution is -2.30. The van der Waals surface area contributed by atoms with Crippen molar-refractivity contribution in [1.82, 2.24) is 24.8 Å². The average molecular weight is 654 g/mol. The molecule has 6 rings (SSSR count). The molecule has 0 bridgehead atoms. The number of aromatic nitrogens is 3. The molecule has 242 valence electrons. The minimum absolute atomic E-state index is 0.0134. The minimum Gasteiger partial charge on any atom is -0.453 e. The zero-order chi connectivity index (χ0) is 32.6. The first-order valence-electron chi connectivity index (χ1n) is 15.8. The van der Waals surface area contributed by atoms with Crippen LogP contribution in [0.15, 0.2) is 79.4 Å². The van der Waals surface area contributed by atoms with E-state index in [1.807, 2.05) is 42.6 Å². The van der Waals surface area contributed by atoms with Gasteiger partial charge in [0.1, 0.15) is 23.9 Å². The smallest absolute Gasteiger partial charge is 0.239 e. The maximum Gasteiger partial charge on any atom is 0.239 e. The Labute approximate surface area is 276 Å². The second kappa shape index (κ2) is 15.2. The van der Waals surface area contributed by atoms with E-state index in [0.29, 0.717) is 29.1 Å². The second-order valence-corrected chi connectivity index (χ2v) is 12.8. The van der Waals surface area contributed by atoms with E-state index in [1.165, 1.54) is 36.3 Å². The highest BCUT2D eigenvalue weighted by molar-refractivity contribution is 7.22. The van der Waals surface area contributed by atoms with Gasteiger partial charge < -0.3 is 19.5 Å². The van der Waals surface area contributed by atoms with E-state index in [-0.39, 0.29) is 49.0 Å². The summed E-state index contributed by atoms with van der Waals surface area (Å²) >= 11 is 1.41. The highest BCUT2D eigenvalue weighted by Gasteiger charge is 2.17. The van der Waals surface area contributed by atoms with Gasteiger partial charge >= 0.3 is 0 Å². The molecule has 3 aromatic heterocycles. The van der Waals surface area contributed by atoms with Gasteiger partial charge in [-0.05, 0) is 68.2 Å². The largest absolute Gasteiger partial charge is 0.453 e. The number of carbonyl (C=O) groups is 3. The Balaban J connectivity index is 1.04. The number of benzene rings is 2. The molecular weight excluding hydrogens is 617 g/mol. The number of carbonyl (C=O) groups excluding carboxylic acids is 3. The Kier molecular flexibility index (Phi) is 10.4. The molecule has 1 fully saturated rings. The van der Waals surface area contributed by atoms with Gasteiger partial charge in [-0.3, -0.25) is 19.4 Å². The van der Waals surface area contributed by atoms with E-state index in [2.05, 4.69) is 20.2 Å². The molecule has 0 aliphatic carbocycles. The second-order valence-electron chi connectivity index (χ2n) is 11.8. The molecule has 2 aromatic carbocycles. The fourth-order valence-electron chi connectivity index (χ4n) is 5.71. The molecule has 1 saturated heterocycles. The third-order valence-corrected chi connectivity index (χ3v) is 9.18. The summed E-state index contributed by atoms with van der Waals surface area (Å²) in [4.78, 5) is 49.5. The van der Waals surface area contributed by atoms with Gasteiger partial charge in [0.15, 0.2) is 11.6 Å². The molecule has 9 nitrogen and oxygen atoms in total. The Morgan fingerprint density at radius 3 is 2.49 bits per heavy atom. The molecule has 0 radical (unpaired) electrons. The van der Waals surface area contributed by atoms with E-state index in [9.17, 15) is 14.4 Å². The number of hydrogen-bond acceptors (Lipinski definition) is 8. The van der Waals surface area contributed by atoms with E-state index >= 15 is 4.39 Å². The van der Waals surface area contributed by atoms with Crippen molar-refractivity contribution in [2.75, 3.05) is 26.2 Å². The number of likely N-dealkylation sites (tertiary alicyclic amines) is 1. The number of nitrogens with one attached hydrogen (secondary N) is 1. The van der Waals surface area contributed by atoms with Gasteiger partial charge in [-0.2, -0.15) is 0 Å². The van der Waals surface area contributed by atoms with Crippen LogP contribution < -0.4 is 10.1 Å². The molecule has 1 aliphatic heterocycles. The van der Waals surface area contributed by atoms with Crippen LogP contribution in [0, 0.1) is 5.82 Å². The van der Waals surface area contributed by atoms with Crippen LogP contribution in [-0.4, -0.2) is 63.1 Å². The molecule has 5 aromatic rings. The topological polar surface area (TPSA) is 106 Å². The molecular formula is C36H36FN5O4S. The van der Waals surface area contributed by atoms with Crippen molar-refractivity contribution >= 4 is 39.0 Å². The number of amides is 1. The molecule has 1 N–H and O–H groups in total. The first-order chi connectivity index (χ1) is 22.9. The third-order valence-electron chi connectivity index (χ3n) is 8.02. The van der Waals surface area contributed by atoms with Crippen LogP contribution in [0.3, 0.4) is 0 Å². The molecule has 47 heavy (non-hydrogen) atoms. The lowest BCUT2D eigenvalue weighted by Gasteiger charge is -2.14. The summed E-state index contributed by atoms with van der Waals surface area (Å²) in [5, 5.41) is 2.99. The van der Waals surface area contributed by atoms with Crippen LogP contribution in [0.2, 0.25) is 0 Å². The monoisotopic (exact) mass is 653 g/mol. The fourth-order valence-corrected chi connectivity index (χ4v) is 6.73. The van der Waals surface area contributed by atoms with Gasteiger partial charge in [0.2, 0.25) is 5.91 Å². The summed E-state index contributed by atoms with van der Waals surface area (Å²) in [5.74, 6) is -0.655. The average Bonchev–Trinajstić information content (AvgIpc) is 3.83. The maximum absolute atomic E-state index is 15.1. The van der Waals surface area contributed by atoms with Gasteiger partial charge in [-0.25, -0.2) is 9.37 Å². The number of fused-ring (bicyclic) bond motifs is 1. The highest BCUT2D eigenvalue weighted by Crippen LogP contribution is 2.39. The van der Waals surface area contributed by atoms with Crippen molar-refractivity contribution < 1.29 is 23.5 Å². The Morgan fingerprint density at radius 2 is 1.70 bits per heavy atom. The number of rotatable bonds is 15. The van der Waals surface area contributed by atoms with Crippen molar-refractivity contribution in [2.24, 2.45) is 0 Å². The number of Topliss-reactive ketones (excluding diaryl/α,β-unsaturated/α-hetero) is 2. The number of ether oxygens (including phenoxy) is 1. The quantitative estimate of drug-likeness (QED) is 0.109. The van der Waals surface area contributed by atoms with Crippen molar-refractivity contribution in [1.29, 1.82) is 0 Å². The number of pyridine rings is 1. The van der Waals surface area contributed by atoms with Crippen molar-refractivity contribution in [2.45, 2.75) is 45.1 Å². The summed E-state index contributed by atoms with van der Waals surface area (Å²) in [5.41, 5.74) is 2.70. The first-order valence-corrected chi connectivity index (χ1v) is 16.6. The van der Waals surface area contributed by atoms with E-state index in [4.69, 9.17) is 4.74 Å². The summed E-state index contributed by atoms with van der Waals surface area (Å²) in [6, 6.07) is 17.2. The van der Waals surface area contributed by atoms with Gasteiger partial charge in [0.25, 0.3) is 0 Å². The van der Waals surface area contributed by atoms with Crippen LogP contribution in [0.1, 0.15) is 36.8 Å².